The van der Waals surface area contributed by atoms with Crippen LogP contribution in [0.15, 0.2) is 12.1 Å². The molecule has 114 valence electrons. The van der Waals surface area contributed by atoms with Crippen molar-refractivity contribution in [3.8, 4) is 0 Å². The molecule has 1 rings (SSSR count). The molecule has 20 heavy (non-hydrogen) atoms. The quantitative estimate of drug-likeness (QED) is 0.875. The van der Waals surface area contributed by atoms with Crippen molar-refractivity contribution in [1.29, 1.82) is 0 Å². The van der Waals surface area contributed by atoms with Crippen molar-refractivity contribution >= 4 is 5.82 Å². The normalized spacial score (nSPS) is 12.6. The van der Waals surface area contributed by atoms with Crippen LogP contribution in [-0.4, -0.2) is 29.8 Å². The lowest BCUT2D eigenvalue weighted by molar-refractivity contribution is -0.141. The van der Waals surface area contributed by atoms with Gasteiger partial charge >= 0.3 is 6.18 Å². The standard InChI is InChI=1S/C13H21F3N4/c1-4-7-20(9-12(2,3)8-17)11-6-5-10(18-19-11)13(14,15)16/h5-6H,4,7-9,17H2,1-3H3. The molecule has 0 atom stereocenters. The summed E-state index contributed by atoms with van der Waals surface area (Å²) in [6.07, 6.45) is -3.60. The molecule has 0 radical (unpaired) electrons. The summed E-state index contributed by atoms with van der Waals surface area (Å²) >= 11 is 0. The molecule has 0 bridgehead atoms. The van der Waals surface area contributed by atoms with Crippen molar-refractivity contribution in [2.24, 2.45) is 11.1 Å². The molecule has 0 aliphatic rings. The van der Waals surface area contributed by atoms with Gasteiger partial charge in [-0.05, 0) is 30.5 Å². The lowest BCUT2D eigenvalue weighted by Crippen LogP contribution is -2.39. The molecule has 0 amide bonds. The van der Waals surface area contributed by atoms with Gasteiger partial charge in [0, 0.05) is 13.1 Å². The largest absolute Gasteiger partial charge is 0.435 e. The van der Waals surface area contributed by atoms with Gasteiger partial charge in [0.05, 0.1) is 0 Å². The summed E-state index contributed by atoms with van der Waals surface area (Å²) in [5.41, 5.74) is 4.58. The number of halogens is 3. The zero-order valence-corrected chi connectivity index (χ0v) is 12.0. The van der Waals surface area contributed by atoms with Crippen LogP contribution in [0.3, 0.4) is 0 Å². The third kappa shape index (κ3) is 4.63. The Morgan fingerprint density at radius 1 is 1.20 bits per heavy atom. The van der Waals surface area contributed by atoms with Crippen molar-refractivity contribution < 1.29 is 13.2 Å². The fourth-order valence-electron chi connectivity index (χ4n) is 1.77. The fraction of sp³-hybridized carbons (Fsp3) is 0.692. The summed E-state index contributed by atoms with van der Waals surface area (Å²) in [6, 6.07) is 2.32. The molecule has 7 heteroatoms. The third-order valence-electron chi connectivity index (χ3n) is 2.93. The summed E-state index contributed by atoms with van der Waals surface area (Å²) < 4.78 is 37.4. The van der Waals surface area contributed by atoms with E-state index in [1.165, 1.54) is 6.07 Å². The number of anilines is 1. The van der Waals surface area contributed by atoms with Crippen LogP contribution in [0, 0.1) is 5.41 Å². The molecular formula is C13H21F3N4. The van der Waals surface area contributed by atoms with Gasteiger partial charge in [0.1, 0.15) is 0 Å². The number of alkyl halides is 3. The van der Waals surface area contributed by atoms with E-state index in [0.717, 1.165) is 12.5 Å². The monoisotopic (exact) mass is 290 g/mol. The molecular weight excluding hydrogens is 269 g/mol. The second-order valence-electron chi connectivity index (χ2n) is 5.56. The van der Waals surface area contributed by atoms with Gasteiger partial charge in [-0.2, -0.15) is 13.2 Å². The van der Waals surface area contributed by atoms with Crippen LogP contribution >= 0.6 is 0 Å². The maximum atomic E-state index is 12.5. The average Bonchev–Trinajstić information content (AvgIpc) is 2.37. The second kappa shape index (κ2) is 6.39. The van der Waals surface area contributed by atoms with Crippen LogP contribution in [0.25, 0.3) is 0 Å². The fourth-order valence-corrected chi connectivity index (χ4v) is 1.77. The minimum Gasteiger partial charge on any atom is -0.355 e. The summed E-state index contributed by atoms with van der Waals surface area (Å²) in [7, 11) is 0. The van der Waals surface area contributed by atoms with E-state index >= 15 is 0 Å². The molecule has 4 nitrogen and oxygen atoms in total. The predicted molar refractivity (Wildman–Crippen MR) is 72.4 cm³/mol. The molecule has 0 fully saturated rings. The van der Waals surface area contributed by atoms with Gasteiger partial charge in [0.15, 0.2) is 11.5 Å². The maximum Gasteiger partial charge on any atom is 0.435 e. The highest BCUT2D eigenvalue weighted by molar-refractivity contribution is 5.38. The smallest absolute Gasteiger partial charge is 0.355 e. The van der Waals surface area contributed by atoms with Gasteiger partial charge in [-0.25, -0.2) is 0 Å². The number of nitrogens with two attached hydrogens (primary N) is 1. The predicted octanol–water partition coefficient (Wildman–Crippen LogP) is 2.70. The van der Waals surface area contributed by atoms with Crippen LogP contribution in [-0.2, 0) is 6.18 Å². The number of hydrogen-bond donors (Lipinski definition) is 1. The third-order valence-corrected chi connectivity index (χ3v) is 2.93. The van der Waals surface area contributed by atoms with Gasteiger partial charge in [-0.3, -0.25) is 0 Å². The first-order valence-corrected chi connectivity index (χ1v) is 6.55. The number of aromatic nitrogens is 2. The molecule has 0 saturated heterocycles. The van der Waals surface area contributed by atoms with E-state index in [9.17, 15) is 13.2 Å². The van der Waals surface area contributed by atoms with Crippen molar-refractivity contribution in [1.82, 2.24) is 10.2 Å². The van der Waals surface area contributed by atoms with E-state index < -0.39 is 11.9 Å². The molecule has 0 saturated carbocycles. The van der Waals surface area contributed by atoms with E-state index in [-0.39, 0.29) is 5.41 Å². The van der Waals surface area contributed by atoms with Crippen LogP contribution in [0.2, 0.25) is 0 Å². The highest BCUT2D eigenvalue weighted by atomic mass is 19.4. The lowest BCUT2D eigenvalue weighted by Gasteiger charge is -2.32. The van der Waals surface area contributed by atoms with Gasteiger partial charge in [0.25, 0.3) is 0 Å². The van der Waals surface area contributed by atoms with E-state index in [4.69, 9.17) is 5.73 Å². The molecule has 1 heterocycles. The zero-order valence-electron chi connectivity index (χ0n) is 12.0. The van der Waals surface area contributed by atoms with Crippen LogP contribution in [0.5, 0.6) is 0 Å². The minimum atomic E-state index is -4.46. The maximum absolute atomic E-state index is 12.5. The first kappa shape index (κ1) is 16.7. The molecule has 1 aromatic heterocycles. The van der Waals surface area contributed by atoms with E-state index in [2.05, 4.69) is 10.2 Å². The Bertz CT molecular complexity index is 415. The van der Waals surface area contributed by atoms with Gasteiger partial charge in [0.2, 0.25) is 0 Å². The molecule has 2 N–H and O–H groups in total. The van der Waals surface area contributed by atoms with Gasteiger partial charge < -0.3 is 10.6 Å². The number of hydrogen-bond acceptors (Lipinski definition) is 4. The Labute approximate surface area is 117 Å². The van der Waals surface area contributed by atoms with Crippen molar-refractivity contribution in [2.45, 2.75) is 33.4 Å². The first-order valence-electron chi connectivity index (χ1n) is 6.55. The molecule has 0 aliphatic heterocycles. The molecule has 0 aliphatic carbocycles. The van der Waals surface area contributed by atoms with Gasteiger partial charge in [-0.1, -0.05) is 20.8 Å². The topological polar surface area (TPSA) is 55.0 Å². The molecule has 0 unspecified atom stereocenters. The van der Waals surface area contributed by atoms with Gasteiger partial charge in [-0.15, -0.1) is 10.2 Å². The van der Waals surface area contributed by atoms with Crippen LogP contribution in [0.1, 0.15) is 32.9 Å². The first-order chi connectivity index (χ1) is 9.19. The summed E-state index contributed by atoms with van der Waals surface area (Å²) in [6.45, 7) is 7.82. The summed E-state index contributed by atoms with van der Waals surface area (Å²) in [5.74, 6) is 0.446. The van der Waals surface area contributed by atoms with E-state index in [0.29, 0.717) is 25.5 Å². The Balaban J connectivity index is 2.92. The van der Waals surface area contributed by atoms with Crippen LogP contribution < -0.4 is 10.6 Å². The minimum absolute atomic E-state index is 0.139. The van der Waals surface area contributed by atoms with Crippen molar-refractivity contribution in [3.63, 3.8) is 0 Å². The SMILES string of the molecule is CCCN(CC(C)(C)CN)c1ccc(C(F)(F)F)nn1. The van der Waals surface area contributed by atoms with E-state index in [1.807, 2.05) is 25.7 Å². The van der Waals surface area contributed by atoms with Crippen molar-refractivity contribution in [3.05, 3.63) is 17.8 Å². The lowest BCUT2D eigenvalue weighted by atomic mass is 9.93. The Morgan fingerprint density at radius 3 is 2.25 bits per heavy atom. The molecule has 0 aromatic carbocycles. The average molecular weight is 290 g/mol. The van der Waals surface area contributed by atoms with Crippen LogP contribution in [0.4, 0.5) is 19.0 Å². The summed E-state index contributed by atoms with van der Waals surface area (Å²) in [4.78, 5) is 1.92. The highest BCUT2D eigenvalue weighted by Gasteiger charge is 2.33. The highest BCUT2D eigenvalue weighted by Crippen LogP contribution is 2.28. The Kier molecular flexibility index (Phi) is 5.33. The van der Waals surface area contributed by atoms with E-state index in [1.54, 1.807) is 0 Å². The molecule has 1 aromatic rings. The second-order valence-corrected chi connectivity index (χ2v) is 5.56. The van der Waals surface area contributed by atoms with Crippen molar-refractivity contribution in [2.75, 3.05) is 24.5 Å². The Morgan fingerprint density at radius 2 is 1.85 bits per heavy atom. The molecule has 0 spiro atoms. The summed E-state index contributed by atoms with van der Waals surface area (Å²) in [5, 5.41) is 6.96. The number of nitrogens with zero attached hydrogens (tertiary/aromatic N) is 3. The Hall–Kier alpha value is -1.37. The zero-order chi connectivity index (χ0) is 15.4. The number of rotatable bonds is 6.